The molecule has 0 saturated heterocycles. The summed E-state index contributed by atoms with van der Waals surface area (Å²) in [6.07, 6.45) is 4.19. The molecule has 1 aliphatic carbocycles. The Hall–Kier alpha value is -3.86. The van der Waals surface area contributed by atoms with Gasteiger partial charge in [-0.1, -0.05) is 30.7 Å². The minimum atomic E-state index is -0.236. The first-order chi connectivity index (χ1) is 17.4. The number of rotatable bonds is 7. The monoisotopic (exact) mass is 506 g/mol. The molecule has 0 spiro atoms. The zero-order valence-electron chi connectivity index (χ0n) is 20.0. The Morgan fingerprint density at radius 3 is 2.72 bits per heavy atom. The van der Waals surface area contributed by atoms with Crippen molar-refractivity contribution in [1.29, 1.82) is 0 Å². The van der Waals surface area contributed by atoms with Crippen molar-refractivity contribution in [3.63, 3.8) is 0 Å². The van der Waals surface area contributed by atoms with Crippen molar-refractivity contribution in [3.8, 4) is 5.75 Å². The van der Waals surface area contributed by atoms with E-state index in [9.17, 15) is 14.4 Å². The number of hydrogen-bond donors (Lipinski definition) is 2. The van der Waals surface area contributed by atoms with Gasteiger partial charge in [0, 0.05) is 30.4 Å². The van der Waals surface area contributed by atoms with E-state index in [0.717, 1.165) is 25.7 Å². The maximum Gasteiger partial charge on any atom is 0.262 e. The predicted molar refractivity (Wildman–Crippen MR) is 138 cm³/mol. The second-order valence-corrected chi connectivity index (χ2v) is 9.68. The average molecular weight is 507 g/mol. The molecule has 2 amide bonds. The average Bonchev–Trinajstić information content (AvgIpc) is 3.56. The van der Waals surface area contributed by atoms with Gasteiger partial charge >= 0.3 is 0 Å². The Balaban J connectivity index is 1.43. The molecule has 2 N–H and O–H groups in total. The van der Waals surface area contributed by atoms with Gasteiger partial charge in [-0.2, -0.15) is 0 Å². The molecule has 0 radical (unpaired) electrons. The van der Waals surface area contributed by atoms with Gasteiger partial charge in [0.1, 0.15) is 5.75 Å². The topological polar surface area (TPSA) is 120 Å². The van der Waals surface area contributed by atoms with Crippen LogP contribution < -0.4 is 20.9 Å². The van der Waals surface area contributed by atoms with Crippen LogP contribution in [-0.2, 0) is 11.8 Å². The van der Waals surface area contributed by atoms with E-state index in [-0.39, 0.29) is 29.2 Å². The minimum Gasteiger partial charge on any atom is -0.497 e. The smallest absolute Gasteiger partial charge is 0.262 e. The number of ether oxygens (including phenoxy) is 1. The third-order valence-electron chi connectivity index (χ3n) is 6.33. The van der Waals surface area contributed by atoms with Crippen molar-refractivity contribution in [1.82, 2.24) is 24.5 Å². The number of anilines is 1. The quantitative estimate of drug-likeness (QED) is 0.370. The molecule has 0 bridgehead atoms. The number of fused-ring (bicyclic) bond motifs is 3. The highest BCUT2D eigenvalue weighted by molar-refractivity contribution is 7.99. The Morgan fingerprint density at radius 2 is 1.94 bits per heavy atom. The number of aromatic nitrogens is 4. The van der Waals surface area contributed by atoms with Crippen LogP contribution in [0.2, 0.25) is 0 Å². The van der Waals surface area contributed by atoms with Crippen LogP contribution in [0.1, 0.15) is 36.0 Å². The van der Waals surface area contributed by atoms with Gasteiger partial charge in [0.05, 0.1) is 23.8 Å². The molecule has 4 aromatic rings. The molecule has 186 valence electrons. The summed E-state index contributed by atoms with van der Waals surface area (Å²) < 4.78 is 8.32. The highest BCUT2D eigenvalue weighted by Gasteiger charge is 2.21. The molecule has 2 aromatic heterocycles. The van der Waals surface area contributed by atoms with Gasteiger partial charge in [0.15, 0.2) is 5.16 Å². The molecule has 0 unspecified atom stereocenters. The molecule has 1 aliphatic rings. The number of nitrogens with zero attached hydrogens (tertiary/aromatic N) is 4. The number of amides is 2. The van der Waals surface area contributed by atoms with E-state index in [0.29, 0.717) is 38.8 Å². The fraction of sp³-hybridized carbons (Fsp3) is 0.320. The minimum absolute atomic E-state index is 0.0736. The molecule has 0 aliphatic heterocycles. The lowest BCUT2D eigenvalue weighted by Crippen LogP contribution is -2.32. The molecular weight excluding hydrogens is 480 g/mol. The molecule has 5 rings (SSSR count). The summed E-state index contributed by atoms with van der Waals surface area (Å²) in [7, 11) is 3.19. The van der Waals surface area contributed by atoms with Crippen molar-refractivity contribution in [3.05, 3.63) is 58.4 Å². The molecule has 11 heteroatoms. The Bertz CT molecular complexity index is 1520. The standard InChI is InChI=1S/C25H26N6O4S/c1-30-23(34)19-11-10-15(22(33)27-16-6-3-4-7-16)12-20(19)31-24(30)28-29-25(31)36-14-21(32)26-17-8-5-9-18(13-17)35-2/h5,8-13,16H,3-4,6-7,14H2,1-2H3,(H,26,32)(H,27,33). The number of thioether (sulfide) groups is 1. The predicted octanol–water partition coefficient (Wildman–Crippen LogP) is 2.99. The molecule has 2 aromatic carbocycles. The summed E-state index contributed by atoms with van der Waals surface area (Å²) in [4.78, 5) is 38.4. The second-order valence-electron chi connectivity index (χ2n) is 8.74. The van der Waals surface area contributed by atoms with E-state index < -0.39 is 0 Å². The summed E-state index contributed by atoms with van der Waals surface area (Å²) >= 11 is 1.19. The Kier molecular flexibility index (Phi) is 6.64. The molecule has 2 heterocycles. The van der Waals surface area contributed by atoms with Crippen LogP contribution in [0, 0.1) is 0 Å². The maximum absolute atomic E-state index is 12.9. The molecule has 1 fully saturated rings. The summed E-state index contributed by atoms with van der Waals surface area (Å²) in [5, 5.41) is 15.2. The van der Waals surface area contributed by atoms with Gasteiger partial charge in [-0.3, -0.25) is 23.4 Å². The van der Waals surface area contributed by atoms with Crippen molar-refractivity contribution in [2.75, 3.05) is 18.2 Å². The van der Waals surface area contributed by atoms with Gasteiger partial charge in [0.2, 0.25) is 11.7 Å². The summed E-state index contributed by atoms with van der Waals surface area (Å²) in [6, 6.07) is 12.3. The zero-order valence-corrected chi connectivity index (χ0v) is 20.8. The van der Waals surface area contributed by atoms with E-state index in [1.807, 2.05) is 0 Å². The number of aryl methyl sites for hydroxylation is 1. The zero-order chi connectivity index (χ0) is 25.2. The van der Waals surface area contributed by atoms with Crippen molar-refractivity contribution < 1.29 is 14.3 Å². The highest BCUT2D eigenvalue weighted by Crippen LogP contribution is 2.24. The third kappa shape index (κ3) is 4.66. The van der Waals surface area contributed by atoms with Crippen molar-refractivity contribution >= 4 is 45.9 Å². The molecule has 10 nitrogen and oxygen atoms in total. The normalized spacial score (nSPS) is 13.8. The Morgan fingerprint density at radius 1 is 1.14 bits per heavy atom. The largest absolute Gasteiger partial charge is 0.497 e. The fourth-order valence-corrected chi connectivity index (χ4v) is 5.20. The second kappa shape index (κ2) is 10.0. The SMILES string of the molecule is COc1cccc(NC(=O)CSc2nnc3n(C)c(=O)c4ccc(C(=O)NC5CCCC5)cc4n23)c1. The summed E-state index contributed by atoms with van der Waals surface area (Å²) in [5.41, 5.74) is 1.37. The van der Waals surface area contributed by atoms with E-state index in [1.165, 1.54) is 16.3 Å². The van der Waals surface area contributed by atoms with Gasteiger partial charge < -0.3 is 15.4 Å². The lowest BCUT2D eigenvalue weighted by Gasteiger charge is -2.13. The molecule has 0 atom stereocenters. The number of methoxy groups -OCH3 is 1. The number of hydrogen-bond acceptors (Lipinski definition) is 7. The Labute approximate surface area is 211 Å². The summed E-state index contributed by atoms with van der Waals surface area (Å²) in [6.45, 7) is 0. The van der Waals surface area contributed by atoms with Gasteiger partial charge in [-0.25, -0.2) is 0 Å². The van der Waals surface area contributed by atoms with Crippen LogP contribution >= 0.6 is 11.8 Å². The van der Waals surface area contributed by atoms with Gasteiger partial charge in [-0.15, -0.1) is 10.2 Å². The number of benzene rings is 2. The first kappa shape index (κ1) is 23.9. The van der Waals surface area contributed by atoms with Gasteiger partial charge in [0.25, 0.3) is 11.5 Å². The van der Waals surface area contributed by atoms with E-state index in [4.69, 9.17) is 4.74 Å². The lowest BCUT2D eigenvalue weighted by molar-refractivity contribution is -0.113. The number of carbonyl (C=O) groups excluding carboxylic acids is 2. The van der Waals surface area contributed by atoms with Crippen LogP contribution in [0.3, 0.4) is 0 Å². The van der Waals surface area contributed by atoms with Crippen molar-refractivity contribution in [2.45, 2.75) is 36.9 Å². The highest BCUT2D eigenvalue weighted by atomic mass is 32.2. The first-order valence-electron chi connectivity index (χ1n) is 11.7. The maximum atomic E-state index is 12.9. The van der Waals surface area contributed by atoms with E-state index in [2.05, 4.69) is 20.8 Å². The molecule has 36 heavy (non-hydrogen) atoms. The first-order valence-corrected chi connectivity index (χ1v) is 12.7. The van der Waals surface area contributed by atoms with E-state index in [1.54, 1.807) is 61.0 Å². The third-order valence-corrected chi connectivity index (χ3v) is 7.26. The molecule has 1 saturated carbocycles. The van der Waals surface area contributed by atoms with Gasteiger partial charge in [-0.05, 0) is 43.2 Å². The molecular formula is C25H26N6O4S. The number of carbonyl (C=O) groups is 2. The number of nitrogens with one attached hydrogen (secondary N) is 2. The fourth-order valence-electron chi connectivity index (χ4n) is 4.46. The van der Waals surface area contributed by atoms with Crippen LogP contribution in [0.4, 0.5) is 5.69 Å². The van der Waals surface area contributed by atoms with Crippen molar-refractivity contribution in [2.24, 2.45) is 7.05 Å². The summed E-state index contributed by atoms with van der Waals surface area (Å²) in [5.74, 6) is 0.651. The van der Waals surface area contributed by atoms with Crippen LogP contribution in [0.25, 0.3) is 16.7 Å². The van der Waals surface area contributed by atoms with Crippen LogP contribution in [-0.4, -0.2) is 49.9 Å². The lowest BCUT2D eigenvalue weighted by atomic mass is 10.1. The van der Waals surface area contributed by atoms with E-state index >= 15 is 0 Å². The van der Waals surface area contributed by atoms with Crippen LogP contribution in [0.15, 0.2) is 52.4 Å². The van der Waals surface area contributed by atoms with Crippen LogP contribution in [0.5, 0.6) is 5.75 Å².